The third kappa shape index (κ3) is 5.59. The standard InChI is InChI=1S/C16H24F2N2O/c1-2-20(12-14-7-9-19-10-8-14)11-13-3-5-15(6-4-13)21-16(17)18/h3-6,14,16,19H,2,7-12H2,1H3. The molecule has 1 aromatic carbocycles. The number of halogens is 2. The largest absolute Gasteiger partial charge is 0.435 e. The van der Waals surface area contributed by atoms with E-state index >= 15 is 0 Å². The van der Waals surface area contributed by atoms with Crippen molar-refractivity contribution in [3.8, 4) is 5.75 Å². The van der Waals surface area contributed by atoms with Gasteiger partial charge in [0.2, 0.25) is 0 Å². The van der Waals surface area contributed by atoms with Crippen molar-refractivity contribution in [2.24, 2.45) is 5.92 Å². The van der Waals surface area contributed by atoms with Gasteiger partial charge in [-0.15, -0.1) is 0 Å². The molecule has 1 aromatic rings. The molecular weight excluding hydrogens is 274 g/mol. The monoisotopic (exact) mass is 298 g/mol. The molecule has 0 bridgehead atoms. The Hall–Kier alpha value is -1.20. The van der Waals surface area contributed by atoms with E-state index in [9.17, 15) is 8.78 Å². The maximum absolute atomic E-state index is 12.1. The number of piperidine rings is 1. The average molecular weight is 298 g/mol. The minimum Gasteiger partial charge on any atom is -0.435 e. The molecule has 21 heavy (non-hydrogen) atoms. The first-order valence-corrected chi connectivity index (χ1v) is 7.64. The van der Waals surface area contributed by atoms with Gasteiger partial charge in [-0.05, 0) is 56.1 Å². The first-order valence-electron chi connectivity index (χ1n) is 7.64. The highest BCUT2D eigenvalue weighted by atomic mass is 19.3. The van der Waals surface area contributed by atoms with Gasteiger partial charge in [-0.2, -0.15) is 8.78 Å². The van der Waals surface area contributed by atoms with Gasteiger partial charge in [0.15, 0.2) is 0 Å². The highest BCUT2D eigenvalue weighted by Gasteiger charge is 2.16. The zero-order valence-corrected chi connectivity index (χ0v) is 12.5. The number of nitrogens with one attached hydrogen (secondary N) is 1. The van der Waals surface area contributed by atoms with Gasteiger partial charge in [0, 0.05) is 13.1 Å². The van der Waals surface area contributed by atoms with E-state index in [1.54, 1.807) is 12.1 Å². The zero-order chi connectivity index (χ0) is 15.1. The van der Waals surface area contributed by atoms with E-state index in [2.05, 4.69) is 21.9 Å². The highest BCUT2D eigenvalue weighted by Crippen LogP contribution is 2.18. The Morgan fingerprint density at radius 2 is 1.90 bits per heavy atom. The van der Waals surface area contributed by atoms with E-state index in [4.69, 9.17) is 0 Å². The fourth-order valence-electron chi connectivity index (χ4n) is 2.77. The lowest BCUT2D eigenvalue weighted by Crippen LogP contribution is -2.35. The fraction of sp³-hybridized carbons (Fsp3) is 0.625. The van der Waals surface area contributed by atoms with Crippen LogP contribution in [0.5, 0.6) is 5.75 Å². The van der Waals surface area contributed by atoms with E-state index in [1.165, 1.54) is 12.8 Å². The van der Waals surface area contributed by atoms with Crippen LogP contribution in [0.4, 0.5) is 8.78 Å². The molecule has 0 unspecified atom stereocenters. The molecule has 0 aliphatic carbocycles. The third-order valence-electron chi connectivity index (χ3n) is 3.98. The van der Waals surface area contributed by atoms with Crippen molar-refractivity contribution in [2.75, 3.05) is 26.2 Å². The van der Waals surface area contributed by atoms with Gasteiger partial charge >= 0.3 is 6.61 Å². The van der Waals surface area contributed by atoms with Crippen LogP contribution in [-0.2, 0) is 6.54 Å². The van der Waals surface area contributed by atoms with Crippen LogP contribution in [0.25, 0.3) is 0 Å². The van der Waals surface area contributed by atoms with Gasteiger partial charge < -0.3 is 10.1 Å². The Morgan fingerprint density at radius 3 is 2.48 bits per heavy atom. The number of benzene rings is 1. The molecular formula is C16H24F2N2O. The van der Waals surface area contributed by atoms with Crippen molar-refractivity contribution < 1.29 is 13.5 Å². The predicted molar refractivity (Wildman–Crippen MR) is 79.6 cm³/mol. The molecule has 2 rings (SSSR count). The van der Waals surface area contributed by atoms with E-state index in [0.29, 0.717) is 0 Å². The lowest BCUT2D eigenvalue weighted by Gasteiger charge is -2.29. The summed E-state index contributed by atoms with van der Waals surface area (Å²) < 4.78 is 28.6. The maximum Gasteiger partial charge on any atom is 0.387 e. The molecule has 1 aliphatic rings. The van der Waals surface area contributed by atoms with Crippen molar-refractivity contribution >= 4 is 0 Å². The Bertz CT molecular complexity index is 405. The molecule has 1 aliphatic heterocycles. The van der Waals surface area contributed by atoms with Crippen LogP contribution < -0.4 is 10.1 Å². The van der Waals surface area contributed by atoms with Crippen molar-refractivity contribution in [2.45, 2.75) is 32.9 Å². The third-order valence-corrected chi connectivity index (χ3v) is 3.98. The summed E-state index contributed by atoms with van der Waals surface area (Å²) in [7, 11) is 0. The van der Waals surface area contributed by atoms with E-state index in [1.807, 2.05) is 12.1 Å². The summed E-state index contributed by atoms with van der Waals surface area (Å²) in [5.74, 6) is 0.975. The topological polar surface area (TPSA) is 24.5 Å². The molecule has 118 valence electrons. The predicted octanol–water partition coefficient (Wildman–Crippen LogP) is 3.11. The number of ether oxygens (including phenoxy) is 1. The molecule has 1 N–H and O–H groups in total. The molecule has 3 nitrogen and oxygen atoms in total. The summed E-state index contributed by atoms with van der Waals surface area (Å²) in [6.45, 7) is 4.59. The van der Waals surface area contributed by atoms with Crippen LogP contribution in [0.2, 0.25) is 0 Å². The molecule has 0 atom stereocenters. The number of hydrogen-bond acceptors (Lipinski definition) is 3. The summed E-state index contributed by atoms with van der Waals surface area (Å²) in [6, 6.07) is 6.95. The second-order valence-electron chi connectivity index (χ2n) is 5.54. The molecule has 0 aromatic heterocycles. The quantitative estimate of drug-likeness (QED) is 0.837. The van der Waals surface area contributed by atoms with Gasteiger partial charge in [-0.25, -0.2) is 0 Å². The Labute approximate surface area is 125 Å². The number of hydrogen-bond donors (Lipinski definition) is 1. The molecule has 5 heteroatoms. The van der Waals surface area contributed by atoms with Crippen LogP contribution in [0.15, 0.2) is 24.3 Å². The summed E-state index contributed by atoms with van der Waals surface area (Å²) in [5, 5.41) is 3.38. The SMILES string of the molecule is CCN(Cc1ccc(OC(F)F)cc1)CC1CCNCC1. The normalized spacial score (nSPS) is 16.6. The van der Waals surface area contributed by atoms with Crippen LogP contribution >= 0.6 is 0 Å². The number of rotatable bonds is 7. The van der Waals surface area contributed by atoms with Gasteiger partial charge in [0.1, 0.15) is 5.75 Å². The summed E-state index contributed by atoms with van der Waals surface area (Å²) in [6.07, 6.45) is 2.47. The molecule has 1 heterocycles. The van der Waals surface area contributed by atoms with Crippen LogP contribution in [0, 0.1) is 5.92 Å². The van der Waals surface area contributed by atoms with Crippen molar-refractivity contribution in [3.05, 3.63) is 29.8 Å². The molecule has 0 amide bonds. The average Bonchev–Trinajstić information content (AvgIpc) is 2.49. The molecule has 1 fully saturated rings. The Balaban J connectivity index is 1.85. The highest BCUT2D eigenvalue weighted by molar-refractivity contribution is 5.27. The lowest BCUT2D eigenvalue weighted by atomic mass is 9.97. The van der Waals surface area contributed by atoms with Crippen molar-refractivity contribution in [1.82, 2.24) is 10.2 Å². The number of alkyl halides is 2. The maximum atomic E-state index is 12.1. The van der Waals surface area contributed by atoms with E-state index < -0.39 is 6.61 Å². The second-order valence-corrected chi connectivity index (χ2v) is 5.54. The van der Waals surface area contributed by atoms with Gasteiger partial charge in [-0.3, -0.25) is 4.90 Å². The number of nitrogens with zero attached hydrogens (tertiary/aromatic N) is 1. The molecule has 0 spiro atoms. The Kier molecular flexibility index (Phi) is 6.39. The Morgan fingerprint density at radius 1 is 1.24 bits per heavy atom. The lowest BCUT2D eigenvalue weighted by molar-refractivity contribution is -0.0498. The summed E-state index contributed by atoms with van der Waals surface area (Å²) in [5.41, 5.74) is 1.13. The minimum absolute atomic E-state index is 0.218. The first kappa shape index (κ1) is 16.2. The van der Waals surface area contributed by atoms with Crippen molar-refractivity contribution in [3.63, 3.8) is 0 Å². The van der Waals surface area contributed by atoms with Gasteiger partial charge in [0.25, 0.3) is 0 Å². The minimum atomic E-state index is -2.76. The van der Waals surface area contributed by atoms with Crippen LogP contribution in [0.3, 0.4) is 0 Å². The van der Waals surface area contributed by atoms with Crippen molar-refractivity contribution in [1.29, 1.82) is 0 Å². The first-order chi connectivity index (χ1) is 10.2. The van der Waals surface area contributed by atoms with Gasteiger partial charge in [0.05, 0.1) is 0 Å². The van der Waals surface area contributed by atoms with Gasteiger partial charge in [-0.1, -0.05) is 19.1 Å². The summed E-state index contributed by atoms with van der Waals surface area (Å²) in [4.78, 5) is 2.42. The van der Waals surface area contributed by atoms with Crippen LogP contribution in [-0.4, -0.2) is 37.7 Å². The summed E-state index contributed by atoms with van der Waals surface area (Å²) >= 11 is 0. The molecule has 0 radical (unpaired) electrons. The van der Waals surface area contributed by atoms with E-state index in [-0.39, 0.29) is 5.75 Å². The second kappa shape index (κ2) is 8.29. The molecule has 1 saturated heterocycles. The van der Waals surface area contributed by atoms with Crippen LogP contribution in [0.1, 0.15) is 25.3 Å². The van der Waals surface area contributed by atoms with E-state index in [0.717, 1.165) is 44.2 Å². The zero-order valence-electron chi connectivity index (χ0n) is 12.5. The fourth-order valence-corrected chi connectivity index (χ4v) is 2.77. The molecule has 0 saturated carbocycles. The smallest absolute Gasteiger partial charge is 0.387 e.